The van der Waals surface area contributed by atoms with Crippen LogP contribution in [-0.4, -0.2) is 20.7 Å². The van der Waals surface area contributed by atoms with Crippen molar-refractivity contribution < 1.29 is 4.79 Å². The predicted molar refractivity (Wildman–Crippen MR) is 104 cm³/mol. The van der Waals surface area contributed by atoms with Gasteiger partial charge in [0.25, 0.3) is 0 Å². The number of aromatic nitrogens is 3. The molecule has 2 aromatic heterocycles. The van der Waals surface area contributed by atoms with Crippen LogP contribution in [-0.2, 0) is 4.79 Å². The second-order valence-corrected chi connectivity index (χ2v) is 7.93. The minimum absolute atomic E-state index is 0.0407. The van der Waals surface area contributed by atoms with Crippen molar-refractivity contribution in [2.75, 3.05) is 5.32 Å². The molecule has 5 nitrogen and oxygen atoms in total. The summed E-state index contributed by atoms with van der Waals surface area (Å²) in [5.74, 6) is -0.0407. The number of aryl methyl sites for hydroxylation is 1. The van der Waals surface area contributed by atoms with Crippen LogP contribution in [0.1, 0.15) is 32.2 Å². The Morgan fingerprint density at radius 2 is 1.92 bits per heavy atom. The van der Waals surface area contributed by atoms with E-state index >= 15 is 0 Å². The van der Waals surface area contributed by atoms with Gasteiger partial charge in [-0.15, -0.1) is 0 Å². The average Bonchev–Trinajstić information content (AvgIpc) is 2.82. The molecule has 3 aromatic rings. The number of carbonyl (C=O) groups excluding carboxylic acids is 1. The molecule has 0 saturated carbocycles. The first-order valence-corrected chi connectivity index (χ1v) is 8.90. The number of hydrogen-bond donors (Lipinski definition) is 1. The first-order valence-electron chi connectivity index (χ1n) is 8.11. The van der Waals surface area contributed by atoms with Gasteiger partial charge < -0.3 is 5.32 Å². The third-order valence-electron chi connectivity index (χ3n) is 4.11. The normalized spacial score (nSPS) is 11.8. The van der Waals surface area contributed by atoms with E-state index in [2.05, 4.69) is 31.3 Å². The van der Waals surface area contributed by atoms with Gasteiger partial charge in [-0.25, -0.2) is 4.68 Å². The molecule has 1 aromatic carbocycles. The quantitative estimate of drug-likeness (QED) is 0.672. The lowest BCUT2D eigenvalue weighted by Crippen LogP contribution is -2.27. The fraction of sp³-hybridized carbons (Fsp3) is 0.316. The number of fused-ring (bicyclic) bond motifs is 1. The van der Waals surface area contributed by atoms with E-state index in [1.165, 1.54) is 0 Å². The summed E-state index contributed by atoms with van der Waals surface area (Å²) in [4.78, 5) is 16.9. The molecule has 25 heavy (non-hydrogen) atoms. The van der Waals surface area contributed by atoms with Crippen LogP contribution in [0.15, 0.2) is 34.9 Å². The molecule has 0 aliphatic carbocycles. The lowest BCUT2D eigenvalue weighted by atomic mass is 9.95. The summed E-state index contributed by atoms with van der Waals surface area (Å²) >= 11 is 3.57. The summed E-state index contributed by atoms with van der Waals surface area (Å²) in [6.45, 7) is 9.65. The van der Waals surface area contributed by atoms with Crippen LogP contribution in [0.25, 0.3) is 16.6 Å². The van der Waals surface area contributed by atoms with Gasteiger partial charge in [0.2, 0.25) is 5.91 Å². The van der Waals surface area contributed by atoms with E-state index in [-0.39, 0.29) is 5.91 Å². The molecule has 0 bridgehead atoms. The largest absolute Gasteiger partial charge is 0.324 e. The summed E-state index contributed by atoms with van der Waals surface area (Å²) in [7, 11) is 0. The Hall–Kier alpha value is -2.21. The third-order valence-corrected chi connectivity index (χ3v) is 5.25. The van der Waals surface area contributed by atoms with Crippen LogP contribution >= 0.6 is 15.9 Å². The molecule has 0 fully saturated rings. The van der Waals surface area contributed by atoms with Crippen molar-refractivity contribution in [1.29, 1.82) is 0 Å². The highest BCUT2D eigenvalue weighted by Crippen LogP contribution is 2.31. The maximum absolute atomic E-state index is 12.4. The van der Waals surface area contributed by atoms with Gasteiger partial charge in [0.1, 0.15) is 0 Å². The van der Waals surface area contributed by atoms with Gasteiger partial charge in [-0.2, -0.15) is 5.10 Å². The summed E-state index contributed by atoms with van der Waals surface area (Å²) in [6.07, 6.45) is 1.73. The number of rotatable bonds is 2. The lowest BCUT2D eigenvalue weighted by molar-refractivity contribution is -0.123. The highest BCUT2D eigenvalue weighted by molar-refractivity contribution is 9.10. The number of benzene rings is 1. The van der Waals surface area contributed by atoms with Gasteiger partial charge in [-0.1, -0.05) is 20.8 Å². The van der Waals surface area contributed by atoms with E-state index in [0.29, 0.717) is 5.69 Å². The van der Waals surface area contributed by atoms with Crippen LogP contribution in [0.3, 0.4) is 0 Å². The van der Waals surface area contributed by atoms with Crippen LogP contribution < -0.4 is 5.32 Å². The standard InChI is InChI=1S/C19H21BrN4O/c1-11-16(20)12(2)24(23-11)15-9-8-14(22-18(25)19(3,4)5)17-13(15)7-6-10-21-17/h6-10H,1-5H3,(H,22,25). The van der Waals surface area contributed by atoms with Gasteiger partial charge in [-0.3, -0.25) is 9.78 Å². The number of nitrogens with one attached hydrogen (secondary N) is 1. The van der Waals surface area contributed by atoms with Crippen molar-refractivity contribution in [2.24, 2.45) is 5.41 Å². The Balaban J connectivity index is 2.17. The zero-order valence-corrected chi connectivity index (χ0v) is 16.6. The van der Waals surface area contributed by atoms with E-state index < -0.39 is 5.41 Å². The molecule has 6 heteroatoms. The maximum Gasteiger partial charge on any atom is 0.229 e. The zero-order valence-electron chi connectivity index (χ0n) is 15.0. The molecule has 0 unspecified atom stereocenters. The number of pyridine rings is 1. The molecule has 1 amide bonds. The molecule has 130 valence electrons. The van der Waals surface area contributed by atoms with E-state index in [9.17, 15) is 4.79 Å². The molecule has 0 spiro atoms. The second kappa shape index (κ2) is 6.26. The van der Waals surface area contributed by atoms with Gasteiger partial charge in [0.15, 0.2) is 0 Å². The van der Waals surface area contributed by atoms with Crippen molar-refractivity contribution in [3.05, 3.63) is 46.3 Å². The first kappa shape index (κ1) is 17.6. The minimum Gasteiger partial charge on any atom is -0.324 e. The Morgan fingerprint density at radius 1 is 1.20 bits per heavy atom. The molecule has 3 rings (SSSR count). The van der Waals surface area contributed by atoms with Crippen molar-refractivity contribution in [2.45, 2.75) is 34.6 Å². The van der Waals surface area contributed by atoms with E-state index in [1.807, 2.05) is 63.6 Å². The van der Waals surface area contributed by atoms with Crippen LogP contribution in [0.4, 0.5) is 5.69 Å². The second-order valence-electron chi connectivity index (χ2n) is 7.13. The molecule has 0 aliphatic heterocycles. The van der Waals surface area contributed by atoms with Gasteiger partial charge in [-0.05, 0) is 54.0 Å². The number of halogens is 1. The number of anilines is 1. The topological polar surface area (TPSA) is 59.8 Å². The van der Waals surface area contributed by atoms with Crippen molar-refractivity contribution in [1.82, 2.24) is 14.8 Å². The summed E-state index contributed by atoms with van der Waals surface area (Å²) in [5.41, 5.74) is 3.87. The number of amides is 1. The molecule has 1 N–H and O–H groups in total. The third kappa shape index (κ3) is 3.18. The zero-order chi connectivity index (χ0) is 18.4. The van der Waals surface area contributed by atoms with Gasteiger partial charge >= 0.3 is 0 Å². The maximum atomic E-state index is 12.4. The first-order chi connectivity index (χ1) is 11.7. The lowest BCUT2D eigenvalue weighted by Gasteiger charge is -2.19. The molecule has 0 aliphatic rings. The number of nitrogens with zero attached hydrogens (tertiary/aromatic N) is 3. The fourth-order valence-corrected chi connectivity index (χ4v) is 2.86. The van der Waals surface area contributed by atoms with Crippen molar-refractivity contribution in [3.8, 4) is 5.69 Å². The Morgan fingerprint density at radius 3 is 2.52 bits per heavy atom. The van der Waals surface area contributed by atoms with Crippen LogP contribution in [0, 0.1) is 19.3 Å². The smallest absolute Gasteiger partial charge is 0.229 e. The molecule has 0 saturated heterocycles. The molecule has 0 radical (unpaired) electrons. The average molecular weight is 401 g/mol. The number of carbonyl (C=O) groups is 1. The SMILES string of the molecule is Cc1nn(-c2ccc(NC(=O)C(C)(C)C)c3ncccc23)c(C)c1Br. The fourth-order valence-electron chi connectivity index (χ4n) is 2.61. The Labute approximate surface area is 155 Å². The Bertz CT molecular complexity index is 969. The minimum atomic E-state index is -0.472. The van der Waals surface area contributed by atoms with E-state index in [0.717, 1.165) is 32.5 Å². The van der Waals surface area contributed by atoms with Gasteiger partial charge in [0.05, 0.1) is 32.8 Å². The highest BCUT2D eigenvalue weighted by atomic mass is 79.9. The summed E-state index contributed by atoms with van der Waals surface area (Å²) in [6, 6.07) is 7.74. The summed E-state index contributed by atoms with van der Waals surface area (Å²) in [5, 5.41) is 8.55. The van der Waals surface area contributed by atoms with E-state index in [1.54, 1.807) is 6.20 Å². The van der Waals surface area contributed by atoms with Crippen LogP contribution in [0.5, 0.6) is 0 Å². The Kier molecular flexibility index (Phi) is 4.41. The van der Waals surface area contributed by atoms with Crippen molar-refractivity contribution >= 4 is 38.4 Å². The molecule has 0 atom stereocenters. The van der Waals surface area contributed by atoms with Crippen molar-refractivity contribution in [3.63, 3.8) is 0 Å². The highest BCUT2D eigenvalue weighted by Gasteiger charge is 2.22. The van der Waals surface area contributed by atoms with Gasteiger partial charge in [0, 0.05) is 17.0 Å². The summed E-state index contributed by atoms with van der Waals surface area (Å²) < 4.78 is 2.90. The molecular formula is C19H21BrN4O. The molecule has 2 heterocycles. The van der Waals surface area contributed by atoms with Crippen LogP contribution in [0.2, 0.25) is 0 Å². The predicted octanol–water partition coefficient (Wildman–Crippen LogP) is 4.78. The molecular weight excluding hydrogens is 380 g/mol. The monoisotopic (exact) mass is 400 g/mol. The van der Waals surface area contributed by atoms with E-state index in [4.69, 9.17) is 0 Å². The number of hydrogen-bond acceptors (Lipinski definition) is 3.